The van der Waals surface area contributed by atoms with Gasteiger partial charge in [-0.2, -0.15) is 0 Å². The van der Waals surface area contributed by atoms with E-state index >= 15 is 0 Å². The molecule has 1 fully saturated rings. The molecule has 2 unspecified atom stereocenters. The van der Waals surface area contributed by atoms with Crippen molar-refractivity contribution in [3.63, 3.8) is 0 Å². The fourth-order valence-corrected chi connectivity index (χ4v) is 3.35. The highest BCUT2D eigenvalue weighted by molar-refractivity contribution is 5.94. The lowest BCUT2D eigenvalue weighted by Gasteiger charge is -2.28. The van der Waals surface area contributed by atoms with Gasteiger partial charge in [0, 0.05) is 25.3 Å². The highest BCUT2D eigenvalue weighted by atomic mass is 35.5. The van der Waals surface area contributed by atoms with Crippen LogP contribution in [0.2, 0.25) is 0 Å². The maximum absolute atomic E-state index is 12.4. The highest BCUT2D eigenvalue weighted by Crippen LogP contribution is 2.26. The van der Waals surface area contributed by atoms with Gasteiger partial charge in [0.2, 0.25) is 11.8 Å². The molecular formula is C18H26ClN3O3. The molecule has 2 atom stereocenters. The summed E-state index contributed by atoms with van der Waals surface area (Å²) < 4.78 is 5.32. The van der Waals surface area contributed by atoms with Gasteiger partial charge in [0.25, 0.3) is 0 Å². The SMILES string of the molecule is CC(NC(=O)C(N)C1CCOCC1)c1ccc2c(c1)CCC(=O)N2.Cl. The van der Waals surface area contributed by atoms with Gasteiger partial charge in [0.05, 0.1) is 12.1 Å². The lowest BCUT2D eigenvalue weighted by Crippen LogP contribution is -2.47. The summed E-state index contributed by atoms with van der Waals surface area (Å²) in [6.45, 7) is 3.31. The number of ether oxygens (including phenoxy) is 1. The molecule has 0 spiro atoms. The first kappa shape index (κ1) is 19.7. The minimum Gasteiger partial charge on any atom is -0.381 e. The lowest BCUT2D eigenvalue weighted by atomic mass is 9.91. The van der Waals surface area contributed by atoms with Crippen LogP contribution in [0.5, 0.6) is 0 Å². The zero-order valence-corrected chi connectivity index (χ0v) is 15.2. The summed E-state index contributed by atoms with van der Waals surface area (Å²) in [7, 11) is 0. The van der Waals surface area contributed by atoms with Crippen molar-refractivity contribution in [2.45, 2.75) is 44.7 Å². The Hall–Kier alpha value is -1.63. The smallest absolute Gasteiger partial charge is 0.237 e. The molecule has 6 nitrogen and oxygen atoms in total. The van der Waals surface area contributed by atoms with Gasteiger partial charge in [-0.05, 0) is 49.3 Å². The van der Waals surface area contributed by atoms with Gasteiger partial charge in [0.1, 0.15) is 0 Å². The van der Waals surface area contributed by atoms with Gasteiger partial charge in [-0.15, -0.1) is 12.4 Å². The van der Waals surface area contributed by atoms with Crippen LogP contribution >= 0.6 is 12.4 Å². The molecule has 0 radical (unpaired) electrons. The normalized spacial score (nSPS) is 19.8. The fraction of sp³-hybridized carbons (Fsp3) is 0.556. The van der Waals surface area contributed by atoms with Gasteiger partial charge in [-0.1, -0.05) is 12.1 Å². The van der Waals surface area contributed by atoms with Crippen molar-refractivity contribution in [3.8, 4) is 0 Å². The second-order valence-corrected chi connectivity index (χ2v) is 6.67. The number of aryl methyl sites for hydroxylation is 1. The predicted molar refractivity (Wildman–Crippen MR) is 98.7 cm³/mol. The number of hydrogen-bond donors (Lipinski definition) is 3. The van der Waals surface area contributed by atoms with Crippen LogP contribution in [-0.2, 0) is 20.7 Å². The first-order valence-electron chi connectivity index (χ1n) is 8.61. The third-order valence-electron chi connectivity index (χ3n) is 4.96. The van der Waals surface area contributed by atoms with Crippen LogP contribution in [0.4, 0.5) is 5.69 Å². The Kier molecular flexibility index (Phi) is 6.81. The van der Waals surface area contributed by atoms with Crippen molar-refractivity contribution in [2.75, 3.05) is 18.5 Å². The first-order chi connectivity index (χ1) is 11.5. The standard InChI is InChI=1S/C18H25N3O3.ClH/c1-11(20-18(23)17(19)12-6-8-24-9-7-12)13-2-4-15-14(10-13)3-5-16(22)21-15;/h2,4,10-12,17H,3,5-9,19H2,1H3,(H,20,23)(H,21,22);1H. The summed E-state index contributed by atoms with van der Waals surface area (Å²) in [4.78, 5) is 23.8. The van der Waals surface area contributed by atoms with Gasteiger partial charge < -0.3 is 21.1 Å². The van der Waals surface area contributed by atoms with Gasteiger partial charge in [-0.3, -0.25) is 9.59 Å². The van der Waals surface area contributed by atoms with Crippen molar-refractivity contribution < 1.29 is 14.3 Å². The van der Waals surface area contributed by atoms with E-state index in [-0.39, 0.29) is 36.2 Å². The summed E-state index contributed by atoms with van der Waals surface area (Å²) in [6.07, 6.45) is 2.91. The van der Waals surface area contributed by atoms with Crippen molar-refractivity contribution >= 4 is 29.9 Å². The summed E-state index contributed by atoms with van der Waals surface area (Å²) >= 11 is 0. The summed E-state index contributed by atoms with van der Waals surface area (Å²) in [5, 5.41) is 5.89. The van der Waals surface area contributed by atoms with Crippen LogP contribution in [0.1, 0.15) is 43.4 Å². The number of amides is 2. The van der Waals surface area contributed by atoms with Crippen molar-refractivity contribution in [3.05, 3.63) is 29.3 Å². The number of halogens is 1. The van der Waals surface area contributed by atoms with E-state index in [1.165, 1.54) is 0 Å². The van der Waals surface area contributed by atoms with Crippen LogP contribution in [0.15, 0.2) is 18.2 Å². The molecule has 0 saturated carbocycles. The topological polar surface area (TPSA) is 93.5 Å². The van der Waals surface area contributed by atoms with Crippen molar-refractivity contribution in [1.29, 1.82) is 0 Å². The van der Waals surface area contributed by atoms with E-state index in [0.29, 0.717) is 19.6 Å². The number of nitrogens with one attached hydrogen (secondary N) is 2. The van der Waals surface area contributed by atoms with Gasteiger partial charge >= 0.3 is 0 Å². The Labute approximate surface area is 154 Å². The first-order valence-corrected chi connectivity index (χ1v) is 8.61. The number of fused-ring (bicyclic) bond motifs is 1. The number of carbonyl (C=O) groups is 2. The number of rotatable bonds is 4. The third-order valence-corrected chi connectivity index (χ3v) is 4.96. The molecule has 7 heteroatoms. The van der Waals surface area contributed by atoms with E-state index in [1.807, 2.05) is 19.1 Å². The molecule has 1 aromatic rings. The molecular weight excluding hydrogens is 342 g/mol. The zero-order valence-electron chi connectivity index (χ0n) is 14.4. The van der Waals surface area contributed by atoms with Crippen molar-refractivity contribution in [2.24, 2.45) is 11.7 Å². The van der Waals surface area contributed by atoms with Crippen molar-refractivity contribution in [1.82, 2.24) is 5.32 Å². The van der Waals surface area contributed by atoms with Crippen LogP contribution in [0.3, 0.4) is 0 Å². The van der Waals surface area contributed by atoms with Gasteiger partial charge in [-0.25, -0.2) is 0 Å². The number of anilines is 1. The number of benzene rings is 1. The van der Waals surface area contributed by atoms with E-state index < -0.39 is 6.04 Å². The monoisotopic (exact) mass is 367 g/mol. The van der Waals surface area contributed by atoms with Crippen LogP contribution in [-0.4, -0.2) is 31.1 Å². The van der Waals surface area contributed by atoms with Crippen LogP contribution < -0.4 is 16.4 Å². The second-order valence-electron chi connectivity index (χ2n) is 6.67. The second kappa shape index (κ2) is 8.65. The summed E-state index contributed by atoms with van der Waals surface area (Å²) in [6, 6.07) is 5.29. The van der Waals surface area contributed by atoms with E-state index in [9.17, 15) is 9.59 Å². The Morgan fingerprint density at radius 2 is 2.04 bits per heavy atom. The Morgan fingerprint density at radius 3 is 2.76 bits per heavy atom. The van der Waals surface area contributed by atoms with Crippen LogP contribution in [0, 0.1) is 5.92 Å². The van der Waals surface area contributed by atoms with E-state index in [0.717, 1.165) is 36.1 Å². The molecule has 138 valence electrons. The third kappa shape index (κ3) is 4.71. The summed E-state index contributed by atoms with van der Waals surface area (Å²) in [5.74, 6) is 0.129. The Morgan fingerprint density at radius 1 is 1.32 bits per heavy atom. The molecule has 2 amide bonds. The fourth-order valence-electron chi connectivity index (χ4n) is 3.35. The zero-order chi connectivity index (χ0) is 17.1. The molecule has 3 rings (SSSR count). The minimum absolute atomic E-state index is 0. The highest BCUT2D eigenvalue weighted by Gasteiger charge is 2.27. The summed E-state index contributed by atoms with van der Waals surface area (Å²) in [5.41, 5.74) is 9.14. The molecule has 0 aromatic heterocycles. The Bertz CT molecular complexity index is 632. The molecule has 2 aliphatic heterocycles. The molecule has 25 heavy (non-hydrogen) atoms. The molecule has 0 aliphatic carbocycles. The molecule has 4 N–H and O–H groups in total. The van der Waals surface area contributed by atoms with E-state index in [1.54, 1.807) is 0 Å². The number of nitrogens with two attached hydrogens (primary N) is 1. The van der Waals surface area contributed by atoms with E-state index in [2.05, 4.69) is 16.7 Å². The molecule has 0 bridgehead atoms. The van der Waals surface area contributed by atoms with Gasteiger partial charge in [0.15, 0.2) is 0 Å². The quantitative estimate of drug-likeness (QED) is 0.758. The predicted octanol–water partition coefficient (Wildman–Crippen LogP) is 1.92. The average molecular weight is 368 g/mol. The maximum atomic E-state index is 12.4. The minimum atomic E-state index is -0.492. The largest absolute Gasteiger partial charge is 0.381 e. The Balaban J connectivity index is 0.00000225. The number of hydrogen-bond acceptors (Lipinski definition) is 4. The maximum Gasteiger partial charge on any atom is 0.237 e. The number of carbonyl (C=O) groups excluding carboxylic acids is 2. The molecule has 2 heterocycles. The molecule has 1 aromatic carbocycles. The average Bonchev–Trinajstić information content (AvgIpc) is 2.61. The molecule has 1 saturated heterocycles. The van der Waals surface area contributed by atoms with E-state index in [4.69, 9.17) is 10.5 Å². The lowest BCUT2D eigenvalue weighted by molar-refractivity contribution is -0.125. The van der Waals surface area contributed by atoms with Crippen LogP contribution in [0.25, 0.3) is 0 Å². The molecule has 2 aliphatic rings.